The maximum atomic E-state index is 5.24. The summed E-state index contributed by atoms with van der Waals surface area (Å²) in [7, 11) is 1.67. The molecule has 5 heteroatoms. The molecule has 4 nitrogen and oxygen atoms in total. The van der Waals surface area contributed by atoms with Crippen molar-refractivity contribution < 1.29 is 4.74 Å². The van der Waals surface area contributed by atoms with Gasteiger partial charge in [0.25, 0.3) is 0 Å². The molecule has 25 heavy (non-hydrogen) atoms. The Balaban J connectivity index is 1.84. The van der Waals surface area contributed by atoms with E-state index in [4.69, 9.17) is 4.74 Å². The minimum absolute atomic E-state index is 0.285. The molecule has 0 aliphatic rings. The summed E-state index contributed by atoms with van der Waals surface area (Å²) >= 11 is 1.72. The van der Waals surface area contributed by atoms with Gasteiger partial charge in [-0.15, -0.1) is 10.2 Å². The van der Waals surface area contributed by atoms with Crippen LogP contribution in [0.3, 0.4) is 0 Å². The van der Waals surface area contributed by atoms with Crippen molar-refractivity contribution in [2.24, 2.45) is 0 Å². The summed E-state index contributed by atoms with van der Waals surface area (Å²) in [6.07, 6.45) is 0. The molecule has 0 bridgehead atoms. The molecule has 3 aromatic rings. The van der Waals surface area contributed by atoms with Crippen molar-refractivity contribution in [2.45, 2.75) is 37.7 Å². The number of methoxy groups -OCH3 is 1. The van der Waals surface area contributed by atoms with Gasteiger partial charge in [-0.2, -0.15) is 0 Å². The van der Waals surface area contributed by atoms with Crippen LogP contribution in [0.15, 0.2) is 53.7 Å². The lowest BCUT2D eigenvalue weighted by Crippen LogP contribution is -2.05. The number of benzene rings is 2. The second-order valence-electron chi connectivity index (χ2n) is 6.27. The summed E-state index contributed by atoms with van der Waals surface area (Å²) in [6.45, 7) is 6.42. The highest BCUT2D eigenvalue weighted by Crippen LogP contribution is 2.30. The first kappa shape index (κ1) is 17.5. The first-order chi connectivity index (χ1) is 12.1. The van der Waals surface area contributed by atoms with E-state index in [1.54, 1.807) is 18.9 Å². The third-order valence-electron chi connectivity index (χ3n) is 4.02. The first-order valence-electron chi connectivity index (χ1n) is 8.36. The summed E-state index contributed by atoms with van der Waals surface area (Å²) in [4.78, 5) is 0. The van der Waals surface area contributed by atoms with Crippen molar-refractivity contribution in [3.8, 4) is 17.1 Å². The lowest BCUT2D eigenvalue weighted by atomic mass is 10.2. The Morgan fingerprint density at radius 1 is 1.00 bits per heavy atom. The maximum absolute atomic E-state index is 5.24. The predicted octanol–water partition coefficient (Wildman–Crippen LogP) is 5.14. The third-order valence-corrected chi connectivity index (χ3v) is 5.03. The standard InChI is InChI=1S/C20H23N3OS/c1-14(2)23-19(17-9-11-18(24-4)12-10-17)21-22-20(23)25-13-16-7-5-15(3)6-8-16/h5-12,14H,13H2,1-4H3. The Bertz CT molecular complexity index is 823. The SMILES string of the molecule is COc1ccc(-c2nnc(SCc3ccc(C)cc3)n2C(C)C)cc1. The fourth-order valence-electron chi connectivity index (χ4n) is 2.61. The first-order valence-corrected chi connectivity index (χ1v) is 9.34. The Morgan fingerprint density at radius 3 is 2.28 bits per heavy atom. The molecule has 0 radical (unpaired) electrons. The van der Waals surface area contributed by atoms with E-state index in [-0.39, 0.29) is 6.04 Å². The average molecular weight is 353 g/mol. The molecule has 0 aliphatic heterocycles. The molecule has 0 amide bonds. The van der Waals surface area contributed by atoms with Gasteiger partial charge < -0.3 is 4.74 Å². The molecular formula is C20H23N3OS. The lowest BCUT2D eigenvalue weighted by molar-refractivity contribution is 0.415. The number of hydrogen-bond acceptors (Lipinski definition) is 4. The zero-order chi connectivity index (χ0) is 17.8. The van der Waals surface area contributed by atoms with Gasteiger partial charge in [0, 0.05) is 17.4 Å². The van der Waals surface area contributed by atoms with E-state index in [1.165, 1.54) is 11.1 Å². The molecule has 0 saturated heterocycles. The summed E-state index contributed by atoms with van der Waals surface area (Å²) in [5.41, 5.74) is 3.62. The van der Waals surface area contributed by atoms with Crippen LogP contribution in [-0.2, 0) is 5.75 Å². The van der Waals surface area contributed by atoms with Gasteiger partial charge in [0.05, 0.1) is 7.11 Å². The molecule has 1 aromatic heterocycles. The van der Waals surface area contributed by atoms with Crippen LogP contribution in [0.5, 0.6) is 5.75 Å². The number of aromatic nitrogens is 3. The monoisotopic (exact) mass is 353 g/mol. The second-order valence-corrected chi connectivity index (χ2v) is 7.22. The fraction of sp³-hybridized carbons (Fsp3) is 0.300. The lowest BCUT2D eigenvalue weighted by Gasteiger charge is -2.14. The molecule has 0 N–H and O–H groups in total. The molecule has 130 valence electrons. The van der Waals surface area contributed by atoms with Crippen LogP contribution < -0.4 is 4.74 Å². The number of aryl methyl sites for hydroxylation is 1. The normalized spacial score (nSPS) is 11.1. The maximum Gasteiger partial charge on any atom is 0.192 e. The second kappa shape index (κ2) is 7.74. The number of hydrogen-bond donors (Lipinski definition) is 0. The van der Waals surface area contributed by atoms with E-state index in [0.29, 0.717) is 0 Å². The van der Waals surface area contributed by atoms with Gasteiger partial charge in [0.15, 0.2) is 11.0 Å². The minimum atomic E-state index is 0.285. The Morgan fingerprint density at radius 2 is 1.68 bits per heavy atom. The van der Waals surface area contributed by atoms with Gasteiger partial charge in [-0.3, -0.25) is 4.57 Å². The molecule has 0 atom stereocenters. The fourth-order valence-corrected chi connectivity index (χ4v) is 3.63. The van der Waals surface area contributed by atoms with Crippen molar-refractivity contribution in [1.29, 1.82) is 0 Å². The minimum Gasteiger partial charge on any atom is -0.497 e. The highest BCUT2D eigenvalue weighted by atomic mass is 32.2. The van der Waals surface area contributed by atoms with E-state index in [2.05, 4.69) is 59.8 Å². The van der Waals surface area contributed by atoms with Gasteiger partial charge >= 0.3 is 0 Å². The summed E-state index contributed by atoms with van der Waals surface area (Å²) < 4.78 is 7.43. The molecule has 1 heterocycles. The quantitative estimate of drug-likeness (QED) is 0.576. The number of thioether (sulfide) groups is 1. The molecule has 0 saturated carbocycles. The van der Waals surface area contributed by atoms with Gasteiger partial charge in [0.1, 0.15) is 5.75 Å². The molecular weight excluding hydrogens is 330 g/mol. The zero-order valence-corrected chi connectivity index (χ0v) is 15.9. The van der Waals surface area contributed by atoms with Gasteiger partial charge in [-0.25, -0.2) is 0 Å². The van der Waals surface area contributed by atoms with Crippen molar-refractivity contribution in [3.05, 3.63) is 59.7 Å². The summed E-state index contributed by atoms with van der Waals surface area (Å²) in [6, 6.07) is 16.9. The van der Waals surface area contributed by atoms with Gasteiger partial charge in [-0.1, -0.05) is 41.6 Å². The average Bonchev–Trinajstić information content (AvgIpc) is 3.05. The zero-order valence-electron chi connectivity index (χ0n) is 15.1. The topological polar surface area (TPSA) is 39.9 Å². The molecule has 0 spiro atoms. The number of rotatable bonds is 6. The molecule has 0 fully saturated rings. The number of ether oxygens (including phenoxy) is 1. The highest BCUT2D eigenvalue weighted by molar-refractivity contribution is 7.98. The van der Waals surface area contributed by atoms with Crippen LogP contribution in [-0.4, -0.2) is 21.9 Å². The summed E-state index contributed by atoms with van der Waals surface area (Å²) in [5, 5.41) is 9.82. The number of nitrogens with zero attached hydrogens (tertiary/aromatic N) is 3. The van der Waals surface area contributed by atoms with Crippen LogP contribution in [0.4, 0.5) is 0 Å². The van der Waals surface area contributed by atoms with Crippen molar-refractivity contribution >= 4 is 11.8 Å². The van der Waals surface area contributed by atoms with Gasteiger partial charge in [-0.05, 0) is 50.6 Å². The molecule has 2 aromatic carbocycles. The molecule has 0 unspecified atom stereocenters. The Hall–Kier alpha value is -2.27. The van der Waals surface area contributed by atoms with E-state index in [1.807, 2.05) is 24.3 Å². The summed E-state index contributed by atoms with van der Waals surface area (Å²) in [5.74, 6) is 2.62. The van der Waals surface area contributed by atoms with Crippen molar-refractivity contribution in [2.75, 3.05) is 7.11 Å². The van der Waals surface area contributed by atoms with Crippen molar-refractivity contribution in [1.82, 2.24) is 14.8 Å². The van der Waals surface area contributed by atoms with Crippen LogP contribution >= 0.6 is 11.8 Å². The van der Waals surface area contributed by atoms with E-state index >= 15 is 0 Å². The van der Waals surface area contributed by atoms with E-state index in [0.717, 1.165) is 28.0 Å². The highest BCUT2D eigenvalue weighted by Gasteiger charge is 2.17. The Labute approximate surface area is 153 Å². The van der Waals surface area contributed by atoms with Crippen LogP contribution in [0.2, 0.25) is 0 Å². The Kier molecular flexibility index (Phi) is 5.43. The van der Waals surface area contributed by atoms with Crippen LogP contribution in [0.1, 0.15) is 31.0 Å². The predicted molar refractivity (Wildman–Crippen MR) is 103 cm³/mol. The van der Waals surface area contributed by atoms with Crippen LogP contribution in [0.25, 0.3) is 11.4 Å². The third kappa shape index (κ3) is 4.04. The van der Waals surface area contributed by atoms with E-state index in [9.17, 15) is 0 Å². The molecule has 0 aliphatic carbocycles. The van der Waals surface area contributed by atoms with Crippen molar-refractivity contribution in [3.63, 3.8) is 0 Å². The smallest absolute Gasteiger partial charge is 0.192 e. The molecule has 3 rings (SSSR count). The van der Waals surface area contributed by atoms with E-state index < -0.39 is 0 Å². The van der Waals surface area contributed by atoms with Gasteiger partial charge in [0.2, 0.25) is 0 Å². The largest absolute Gasteiger partial charge is 0.497 e. The van der Waals surface area contributed by atoms with Crippen LogP contribution in [0, 0.1) is 6.92 Å².